The summed E-state index contributed by atoms with van der Waals surface area (Å²) >= 11 is 0. The van der Waals surface area contributed by atoms with Crippen LogP contribution in [0.3, 0.4) is 0 Å². The Kier molecular flexibility index (Phi) is 5.21. The fraction of sp³-hybridized carbons (Fsp3) is 0.519. The number of carbonyl (C=O) groups is 1. The predicted molar refractivity (Wildman–Crippen MR) is 118 cm³/mol. The molecule has 1 aromatic carbocycles. The van der Waals surface area contributed by atoms with E-state index in [-0.39, 0.29) is 5.41 Å². The molecule has 0 aliphatic heterocycles. The average molecular weight is 375 g/mol. The first-order valence-corrected chi connectivity index (χ1v) is 11.3. The van der Waals surface area contributed by atoms with Crippen LogP contribution in [0, 0.1) is 17.3 Å². The van der Waals surface area contributed by atoms with Gasteiger partial charge in [0.15, 0.2) is 0 Å². The summed E-state index contributed by atoms with van der Waals surface area (Å²) in [5.41, 5.74) is 9.33. The van der Waals surface area contributed by atoms with E-state index in [1.54, 1.807) is 16.7 Å². The Morgan fingerprint density at radius 1 is 0.964 bits per heavy atom. The van der Waals surface area contributed by atoms with Crippen LogP contribution in [0.1, 0.15) is 77.7 Å². The van der Waals surface area contributed by atoms with Crippen LogP contribution < -0.4 is 0 Å². The van der Waals surface area contributed by atoms with Gasteiger partial charge in [-0.15, -0.1) is 0 Å². The zero-order chi connectivity index (χ0) is 19.9. The lowest BCUT2D eigenvalue weighted by atomic mass is 9.55. The lowest BCUT2D eigenvalue weighted by Gasteiger charge is -2.48. The molecule has 4 aliphatic carbocycles. The molecular formula is C27H34O. The van der Waals surface area contributed by atoms with E-state index in [9.17, 15) is 4.79 Å². The molecule has 0 N–H and O–H groups in total. The largest absolute Gasteiger partial charge is 0.299 e. The van der Waals surface area contributed by atoms with Gasteiger partial charge in [-0.25, -0.2) is 0 Å². The summed E-state index contributed by atoms with van der Waals surface area (Å²) in [6.45, 7) is 11.0. The van der Waals surface area contributed by atoms with E-state index in [2.05, 4.69) is 43.8 Å². The van der Waals surface area contributed by atoms with Crippen LogP contribution in [-0.2, 0) is 4.79 Å². The predicted octanol–water partition coefficient (Wildman–Crippen LogP) is 7.30. The topological polar surface area (TPSA) is 17.1 Å². The molecule has 5 rings (SSSR count). The normalized spacial score (nSPS) is 31.7. The number of hydrogen-bond donors (Lipinski definition) is 0. The van der Waals surface area contributed by atoms with E-state index in [1.165, 1.54) is 36.0 Å². The molecule has 3 atom stereocenters. The van der Waals surface area contributed by atoms with E-state index in [1.807, 2.05) is 13.8 Å². The maximum atomic E-state index is 12.0. The molecule has 0 amide bonds. The summed E-state index contributed by atoms with van der Waals surface area (Å²) in [6, 6.07) is 11.0. The van der Waals surface area contributed by atoms with Crippen LogP contribution in [0.4, 0.5) is 0 Å². The van der Waals surface area contributed by atoms with Crippen molar-refractivity contribution in [3.05, 3.63) is 64.8 Å². The van der Waals surface area contributed by atoms with Crippen molar-refractivity contribution in [2.45, 2.75) is 72.1 Å². The minimum absolute atomic E-state index is 0.252. The second kappa shape index (κ2) is 7.50. The van der Waals surface area contributed by atoms with Crippen molar-refractivity contribution in [1.29, 1.82) is 0 Å². The highest BCUT2D eigenvalue weighted by Crippen LogP contribution is 2.63. The summed E-state index contributed by atoms with van der Waals surface area (Å²) in [6.07, 6.45) is 8.40. The molecule has 1 saturated carbocycles. The molecule has 4 aliphatic rings. The van der Waals surface area contributed by atoms with E-state index < -0.39 is 0 Å². The molecule has 1 aromatic rings. The van der Waals surface area contributed by atoms with E-state index in [4.69, 9.17) is 0 Å². The number of allylic oxidation sites excluding steroid dienone is 5. The van der Waals surface area contributed by atoms with Crippen molar-refractivity contribution < 1.29 is 4.79 Å². The summed E-state index contributed by atoms with van der Waals surface area (Å²) in [5, 5.41) is 0. The summed E-state index contributed by atoms with van der Waals surface area (Å²) in [4.78, 5) is 12.0. The second-order valence-corrected chi connectivity index (χ2v) is 9.04. The number of hydrogen-bond acceptors (Lipinski definition) is 1. The Bertz CT molecular complexity index is 854. The number of Topliss-reactive ketones (excluding diaryl/α,β-unsaturated/α-hetero) is 1. The molecule has 2 unspecified atom stereocenters. The Hall–Kier alpha value is -1.89. The zero-order valence-corrected chi connectivity index (χ0v) is 17.8. The highest BCUT2D eigenvalue weighted by atomic mass is 16.1. The van der Waals surface area contributed by atoms with Crippen molar-refractivity contribution in [1.82, 2.24) is 0 Å². The number of carbonyl (C=O) groups excluding carboxylic acids is 1. The quantitative estimate of drug-likeness (QED) is 0.471. The van der Waals surface area contributed by atoms with Gasteiger partial charge in [-0.3, -0.25) is 4.79 Å². The van der Waals surface area contributed by atoms with Gasteiger partial charge in [-0.2, -0.15) is 0 Å². The van der Waals surface area contributed by atoms with Crippen molar-refractivity contribution in [3.63, 3.8) is 0 Å². The van der Waals surface area contributed by atoms with Gasteiger partial charge in [0, 0.05) is 12.8 Å². The fourth-order valence-electron chi connectivity index (χ4n) is 6.40. The minimum Gasteiger partial charge on any atom is -0.299 e. The summed E-state index contributed by atoms with van der Waals surface area (Å²) in [5.74, 6) is 1.85. The van der Waals surface area contributed by atoms with Gasteiger partial charge >= 0.3 is 0 Å². The maximum Gasteiger partial charge on any atom is 0.137 e. The van der Waals surface area contributed by atoms with Gasteiger partial charge < -0.3 is 0 Å². The highest BCUT2D eigenvalue weighted by Gasteiger charge is 2.51. The van der Waals surface area contributed by atoms with Crippen LogP contribution in [-0.4, -0.2) is 5.78 Å². The molecule has 148 valence electrons. The first kappa shape index (κ1) is 19.4. The highest BCUT2D eigenvalue weighted by molar-refractivity contribution is 5.85. The average Bonchev–Trinajstić information content (AvgIpc) is 3.03. The molecule has 28 heavy (non-hydrogen) atoms. The molecule has 0 heterocycles. The lowest BCUT2D eigenvalue weighted by molar-refractivity contribution is -0.118. The molecule has 0 bridgehead atoms. The van der Waals surface area contributed by atoms with Gasteiger partial charge in [0.2, 0.25) is 0 Å². The van der Waals surface area contributed by atoms with E-state index in [0.717, 1.165) is 31.6 Å². The molecule has 0 radical (unpaired) electrons. The molecule has 0 aromatic heterocycles. The number of ketones is 1. The monoisotopic (exact) mass is 374 g/mol. The zero-order valence-electron chi connectivity index (χ0n) is 17.8. The SMILES string of the molecule is C=C1CCC2C3CCC4=C(CCC(=O)C4)C3=C(c3ccccc3)C[C@]12C.CC. The van der Waals surface area contributed by atoms with E-state index >= 15 is 0 Å². The minimum atomic E-state index is 0.252. The van der Waals surface area contributed by atoms with Gasteiger partial charge in [-0.1, -0.05) is 68.8 Å². The lowest BCUT2D eigenvalue weighted by Crippen LogP contribution is -2.38. The Labute approximate surface area is 170 Å². The van der Waals surface area contributed by atoms with Crippen LogP contribution in [0.2, 0.25) is 0 Å². The van der Waals surface area contributed by atoms with Crippen LogP contribution in [0.5, 0.6) is 0 Å². The summed E-state index contributed by atoms with van der Waals surface area (Å²) in [7, 11) is 0. The third kappa shape index (κ3) is 2.95. The number of rotatable bonds is 1. The van der Waals surface area contributed by atoms with Crippen molar-refractivity contribution in [3.8, 4) is 0 Å². The Balaban J connectivity index is 0.000000932. The van der Waals surface area contributed by atoms with Gasteiger partial charge in [0.05, 0.1) is 0 Å². The fourth-order valence-corrected chi connectivity index (χ4v) is 6.40. The van der Waals surface area contributed by atoms with E-state index in [0.29, 0.717) is 18.1 Å². The van der Waals surface area contributed by atoms with Crippen LogP contribution in [0.15, 0.2) is 59.2 Å². The summed E-state index contributed by atoms with van der Waals surface area (Å²) < 4.78 is 0. The second-order valence-electron chi connectivity index (χ2n) is 9.04. The smallest absolute Gasteiger partial charge is 0.137 e. The first-order valence-electron chi connectivity index (χ1n) is 11.3. The number of fused-ring (bicyclic) bond motifs is 4. The third-order valence-electron chi connectivity index (χ3n) is 7.80. The molecule has 0 spiro atoms. The molecule has 1 fully saturated rings. The Morgan fingerprint density at radius 3 is 2.46 bits per heavy atom. The van der Waals surface area contributed by atoms with Crippen molar-refractivity contribution >= 4 is 11.4 Å². The van der Waals surface area contributed by atoms with Crippen molar-refractivity contribution in [2.24, 2.45) is 17.3 Å². The van der Waals surface area contributed by atoms with Gasteiger partial charge in [0.1, 0.15) is 5.78 Å². The third-order valence-corrected chi connectivity index (χ3v) is 7.80. The van der Waals surface area contributed by atoms with Gasteiger partial charge in [-0.05, 0) is 78.1 Å². The van der Waals surface area contributed by atoms with Crippen molar-refractivity contribution in [2.75, 3.05) is 0 Å². The standard InChI is InChI=1S/C25H28O.C2H6/c1-16-8-13-23-21-11-9-18-14-19(26)10-12-20(18)24(21)22(15-25(16,23)2)17-6-4-3-5-7-17;1-2/h3-7,21,23H,1,8-15H2,2H3;1-2H3/t21?,23?,25-;/m1./s1. The Morgan fingerprint density at radius 2 is 1.71 bits per heavy atom. The molecule has 1 nitrogen and oxygen atoms in total. The molecular weight excluding hydrogens is 340 g/mol. The van der Waals surface area contributed by atoms with Crippen LogP contribution in [0.25, 0.3) is 5.57 Å². The molecule has 1 heteroatoms. The van der Waals surface area contributed by atoms with Gasteiger partial charge in [0.25, 0.3) is 0 Å². The number of benzene rings is 1. The molecule has 0 saturated heterocycles. The van der Waals surface area contributed by atoms with Crippen LogP contribution >= 0.6 is 0 Å². The first-order chi connectivity index (χ1) is 13.6. The maximum absolute atomic E-state index is 12.0.